The molecule has 3 N–H and O–H groups in total. The van der Waals surface area contributed by atoms with Crippen molar-refractivity contribution in [2.75, 3.05) is 0 Å². The van der Waals surface area contributed by atoms with Gasteiger partial charge in [0.1, 0.15) is 16.7 Å². The molecule has 7 nitrogen and oxygen atoms in total. The van der Waals surface area contributed by atoms with Crippen LogP contribution in [0.5, 0.6) is 0 Å². The minimum absolute atomic E-state index is 0.175. The normalized spacial score (nSPS) is 13.4. The van der Waals surface area contributed by atoms with Gasteiger partial charge in [-0.15, -0.1) is 0 Å². The van der Waals surface area contributed by atoms with Gasteiger partial charge in [-0.3, -0.25) is 14.9 Å². The molecule has 0 aliphatic rings. The number of nitrogens with two attached hydrogens (primary N) is 1. The van der Waals surface area contributed by atoms with Crippen molar-refractivity contribution in [1.82, 2.24) is 0 Å². The van der Waals surface area contributed by atoms with Gasteiger partial charge in [-0.25, -0.2) is 0 Å². The first kappa shape index (κ1) is 12.2. The number of hydrogen-bond donors (Lipinski definition) is 2. The van der Waals surface area contributed by atoms with Gasteiger partial charge in [0.05, 0.1) is 6.07 Å². The Kier molecular flexibility index (Phi) is 2.99. The Morgan fingerprint density at radius 1 is 1.62 bits per heavy atom. The zero-order valence-corrected chi connectivity index (χ0v) is 8.84. The average Bonchev–Trinajstić information content (AvgIpc) is 2.65. The van der Waals surface area contributed by atoms with Gasteiger partial charge >= 0.3 is 11.9 Å². The monoisotopic (exact) mass is 228 g/mol. The van der Waals surface area contributed by atoms with Crippen LogP contribution in [0.2, 0.25) is 0 Å². The van der Waals surface area contributed by atoms with Crippen LogP contribution in [0, 0.1) is 10.1 Å². The zero-order chi connectivity index (χ0) is 12.5. The number of carboxylic acids is 1. The molecular formula is C9H12N2O5. The van der Waals surface area contributed by atoms with Crippen molar-refractivity contribution in [3.8, 4) is 0 Å². The van der Waals surface area contributed by atoms with Gasteiger partial charge in [-0.2, -0.15) is 0 Å². The van der Waals surface area contributed by atoms with E-state index in [0.717, 1.165) is 0 Å². The maximum Gasteiger partial charge on any atom is 0.433 e. The van der Waals surface area contributed by atoms with Crippen molar-refractivity contribution in [2.24, 2.45) is 5.73 Å². The number of nitro groups is 1. The Balaban J connectivity index is 3.06. The largest absolute Gasteiger partial charge is 0.480 e. The van der Waals surface area contributed by atoms with Crippen LogP contribution < -0.4 is 5.73 Å². The fourth-order valence-electron chi connectivity index (χ4n) is 1.23. The molecule has 1 rings (SSSR count). The van der Waals surface area contributed by atoms with Gasteiger partial charge in [-0.05, 0) is 6.07 Å². The van der Waals surface area contributed by atoms with Crippen molar-refractivity contribution in [2.45, 2.75) is 25.3 Å². The number of carbonyl (C=O) groups is 1. The molecule has 1 aromatic rings. The predicted molar refractivity (Wildman–Crippen MR) is 54.0 cm³/mol. The van der Waals surface area contributed by atoms with Gasteiger partial charge < -0.3 is 15.3 Å². The number of rotatable bonds is 4. The number of aliphatic carboxylic acids is 1. The minimum atomic E-state index is -1.20. The summed E-state index contributed by atoms with van der Waals surface area (Å²) < 4.78 is 4.94. The molecule has 1 atom stereocenters. The predicted octanol–water partition coefficient (Wildman–Crippen LogP) is 0.877. The first-order chi connectivity index (χ1) is 7.26. The van der Waals surface area contributed by atoms with Gasteiger partial charge in [0.15, 0.2) is 0 Å². The molecule has 0 saturated carbocycles. The van der Waals surface area contributed by atoms with Crippen molar-refractivity contribution in [1.29, 1.82) is 0 Å². The highest BCUT2D eigenvalue weighted by atomic mass is 16.6. The third-order valence-electron chi connectivity index (χ3n) is 2.45. The van der Waals surface area contributed by atoms with Gasteiger partial charge in [0.2, 0.25) is 0 Å². The topological polar surface area (TPSA) is 120 Å². The lowest BCUT2D eigenvalue weighted by Gasteiger charge is -2.25. The second kappa shape index (κ2) is 3.93. The summed E-state index contributed by atoms with van der Waals surface area (Å²) in [4.78, 5) is 20.5. The number of nitrogens with zero attached hydrogens (tertiary/aromatic N) is 1. The van der Waals surface area contributed by atoms with Crippen molar-refractivity contribution in [3.05, 3.63) is 28.0 Å². The maximum atomic E-state index is 10.8. The smallest absolute Gasteiger partial charge is 0.433 e. The van der Waals surface area contributed by atoms with Crippen LogP contribution in [0.15, 0.2) is 16.5 Å². The molecule has 16 heavy (non-hydrogen) atoms. The number of carboxylic acid groups (broad SMARTS) is 1. The summed E-state index contributed by atoms with van der Waals surface area (Å²) >= 11 is 0. The molecule has 7 heteroatoms. The lowest BCUT2D eigenvalue weighted by Crippen LogP contribution is -2.46. The highest BCUT2D eigenvalue weighted by Crippen LogP contribution is 2.30. The molecule has 1 heterocycles. The van der Waals surface area contributed by atoms with E-state index in [1.54, 1.807) is 13.8 Å². The zero-order valence-electron chi connectivity index (χ0n) is 8.84. The second-order valence-corrected chi connectivity index (χ2v) is 3.93. The first-order valence-corrected chi connectivity index (χ1v) is 4.50. The van der Waals surface area contributed by atoms with Gasteiger partial charge in [-0.1, -0.05) is 13.8 Å². The molecule has 0 amide bonds. The van der Waals surface area contributed by atoms with E-state index in [-0.39, 0.29) is 5.76 Å². The third kappa shape index (κ3) is 2.03. The highest BCUT2D eigenvalue weighted by molar-refractivity contribution is 5.75. The Morgan fingerprint density at radius 2 is 2.19 bits per heavy atom. The SMILES string of the molecule is CC(C)(c1ccc([N+](=O)[O-])o1)C(N)C(=O)O. The summed E-state index contributed by atoms with van der Waals surface area (Å²) in [5, 5.41) is 19.2. The number of furan rings is 1. The molecule has 0 aliphatic carbocycles. The highest BCUT2D eigenvalue weighted by Gasteiger charge is 2.37. The molecular weight excluding hydrogens is 216 g/mol. The van der Waals surface area contributed by atoms with Crippen molar-refractivity contribution < 1.29 is 19.2 Å². The fraction of sp³-hybridized carbons (Fsp3) is 0.444. The fourth-order valence-corrected chi connectivity index (χ4v) is 1.23. The van der Waals surface area contributed by atoms with Crippen LogP contribution >= 0.6 is 0 Å². The molecule has 1 unspecified atom stereocenters. The van der Waals surface area contributed by atoms with E-state index in [4.69, 9.17) is 15.3 Å². The van der Waals surface area contributed by atoms with Crippen LogP contribution in [-0.2, 0) is 10.2 Å². The molecule has 0 spiro atoms. The lowest BCUT2D eigenvalue weighted by atomic mass is 9.82. The maximum absolute atomic E-state index is 10.8. The molecule has 1 aromatic heterocycles. The van der Waals surface area contributed by atoms with Crippen LogP contribution in [0.1, 0.15) is 19.6 Å². The van der Waals surface area contributed by atoms with E-state index in [1.165, 1.54) is 12.1 Å². The summed E-state index contributed by atoms with van der Waals surface area (Å²) in [7, 11) is 0. The van der Waals surface area contributed by atoms with E-state index < -0.39 is 28.2 Å². The van der Waals surface area contributed by atoms with Gasteiger partial charge in [0, 0.05) is 5.41 Å². The van der Waals surface area contributed by atoms with Gasteiger partial charge in [0.25, 0.3) is 0 Å². The molecule has 0 saturated heterocycles. The Morgan fingerprint density at radius 3 is 2.56 bits per heavy atom. The third-order valence-corrected chi connectivity index (χ3v) is 2.45. The van der Waals surface area contributed by atoms with E-state index in [9.17, 15) is 14.9 Å². The van der Waals surface area contributed by atoms with Crippen LogP contribution in [-0.4, -0.2) is 22.0 Å². The van der Waals surface area contributed by atoms with E-state index in [1.807, 2.05) is 0 Å². The molecule has 0 aliphatic heterocycles. The standard InChI is InChI=1S/C9H12N2O5/c1-9(2,7(10)8(12)13)5-3-4-6(16-5)11(14)15/h3-4,7H,10H2,1-2H3,(H,12,13). The van der Waals surface area contributed by atoms with Crippen molar-refractivity contribution >= 4 is 11.9 Å². The summed E-state index contributed by atoms with van der Waals surface area (Å²) in [6.07, 6.45) is 0. The molecule has 0 fully saturated rings. The van der Waals surface area contributed by atoms with Crippen LogP contribution in [0.4, 0.5) is 5.88 Å². The minimum Gasteiger partial charge on any atom is -0.480 e. The summed E-state index contributed by atoms with van der Waals surface area (Å²) in [5.74, 6) is -1.45. The molecule has 88 valence electrons. The van der Waals surface area contributed by atoms with E-state index in [0.29, 0.717) is 0 Å². The molecule has 0 bridgehead atoms. The van der Waals surface area contributed by atoms with Crippen LogP contribution in [0.3, 0.4) is 0 Å². The van der Waals surface area contributed by atoms with Crippen LogP contribution in [0.25, 0.3) is 0 Å². The molecule has 0 aromatic carbocycles. The van der Waals surface area contributed by atoms with E-state index >= 15 is 0 Å². The quantitative estimate of drug-likeness (QED) is 0.583. The first-order valence-electron chi connectivity index (χ1n) is 4.50. The second-order valence-electron chi connectivity index (χ2n) is 3.93. The average molecular weight is 228 g/mol. The summed E-state index contributed by atoms with van der Waals surface area (Å²) in [6, 6.07) is 1.34. The Labute approximate surface area is 91.0 Å². The van der Waals surface area contributed by atoms with Crippen molar-refractivity contribution in [3.63, 3.8) is 0 Å². The molecule has 0 radical (unpaired) electrons. The van der Waals surface area contributed by atoms with E-state index in [2.05, 4.69) is 0 Å². The lowest BCUT2D eigenvalue weighted by molar-refractivity contribution is -0.402. The Bertz CT molecular complexity index is 423. The number of hydrogen-bond acceptors (Lipinski definition) is 5. The summed E-state index contributed by atoms with van der Waals surface area (Å²) in [6.45, 7) is 3.10. The summed E-state index contributed by atoms with van der Waals surface area (Å²) in [5.41, 5.74) is 4.47. The Hall–Kier alpha value is -1.89.